The zero-order valence-corrected chi connectivity index (χ0v) is 20.2. The van der Waals surface area contributed by atoms with E-state index < -0.39 is 12.7 Å². The summed E-state index contributed by atoms with van der Waals surface area (Å²) in [5.41, 5.74) is 0.912. The fraction of sp³-hybridized carbons (Fsp3) is 0.429. The second-order valence-electron chi connectivity index (χ2n) is 7.19. The van der Waals surface area contributed by atoms with E-state index >= 15 is 0 Å². The summed E-state index contributed by atoms with van der Waals surface area (Å²) < 4.78 is 48.4. The van der Waals surface area contributed by atoms with Gasteiger partial charge in [0, 0.05) is 45.0 Å². The molecular weight excluding hydrogens is 538 g/mol. The average Bonchev–Trinajstić information content (AvgIpc) is 3.17. The molecule has 1 saturated heterocycles. The van der Waals surface area contributed by atoms with Gasteiger partial charge in [0.1, 0.15) is 11.5 Å². The summed E-state index contributed by atoms with van der Waals surface area (Å²) in [5.74, 6) is 2.40. The second kappa shape index (κ2) is 12.1. The van der Waals surface area contributed by atoms with E-state index in [0.717, 1.165) is 11.3 Å². The third kappa shape index (κ3) is 8.34. The molecule has 2 N–H and O–H groups in total. The predicted octanol–water partition coefficient (Wildman–Crippen LogP) is 3.80. The number of likely N-dealkylation sites (tertiary alicyclic amines) is 1. The van der Waals surface area contributed by atoms with Crippen LogP contribution in [0.3, 0.4) is 0 Å². The van der Waals surface area contributed by atoms with Crippen molar-refractivity contribution in [2.75, 3.05) is 33.8 Å². The first-order valence-corrected chi connectivity index (χ1v) is 9.88. The molecule has 7 nitrogen and oxygen atoms in total. The molecule has 0 amide bonds. The van der Waals surface area contributed by atoms with Gasteiger partial charge in [0.25, 0.3) is 0 Å². The Balaban J connectivity index is 0.00000363. The number of hydrogen-bond donors (Lipinski definition) is 2. The Morgan fingerprint density at radius 3 is 2.50 bits per heavy atom. The van der Waals surface area contributed by atoms with Crippen LogP contribution in [0.15, 0.2) is 47.6 Å². The summed E-state index contributed by atoms with van der Waals surface area (Å²) in [4.78, 5) is 9.85. The highest BCUT2D eigenvalue weighted by molar-refractivity contribution is 14.0. The topological polar surface area (TPSA) is 71.0 Å². The number of nitrogens with zero attached hydrogens (tertiary/aromatic N) is 3. The van der Waals surface area contributed by atoms with Crippen LogP contribution in [0.4, 0.5) is 13.2 Å². The molecule has 2 heterocycles. The van der Waals surface area contributed by atoms with E-state index in [2.05, 4.69) is 20.6 Å². The van der Waals surface area contributed by atoms with Gasteiger partial charge in [-0.1, -0.05) is 6.07 Å². The van der Waals surface area contributed by atoms with Gasteiger partial charge in [-0.2, -0.15) is 13.2 Å². The number of rotatable bonds is 7. The quantitative estimate of drug-likeness (QED) is 0.303. The smallest absolute Gasteiger partial charge is 0.401 e. The largest absolute Gasteiger partial charge is 0.497 e. The maximum absolute atomic E-state index is 12.5. The molecule has 1 aromatic carbocycles. The highest BCUT2D eigenvalue weighted by Gasteiger charge is 2.34. The summed E-state index contributed by atoms with van der Waals surface area (Å²) in [7, 11) is 3.23. The van der Waals surface area contributed by atoms with E-state index in [0.29, 0.717) is 43.6 Å². The molecule has 2 aromatic rings. The Morgan fingerprint density at radius 2 is 1.91 bits per heavy atom. The Kier molecular flexibility index (Phi) is 9.82. The van der Waals surface area contributed by atoms with Crippen molar-refractivity contribution in [1.82, 2.24) is 20.5 Å². The lowest BCUT2D eigenvalue weighted by Gasteiger charge is -2.19. The number of ether oxygens (including phenoxy) is 2. The van der Waals surface area contributed by atoms with Crippen molar-refractivity contribution >= 4 is 29.9 Å². The molecule has 11 heteroatoms. The van der Waals surface area contributed by atoms with Gasteiger partial charge in [0.15, 0.2) is 5.96 Å². The van der Waals surface area contributed by atoms with Gasteiger partial charge < -0.3 is 20.1 Å². The van der Waals surface area contributed by atoms with Crippen LogP contribution < -0.4 is 20.1 Å². The van der Waals surface area contributed by atoms with Crippen LogP contribution in [0, 0.1) is 0 Å². The number of aromatic nitrogens is 1. The molecule has 0 bridgehead atoms. The van der Waals surface area contributed by atoms with E-state index in [9.17, 15) is 13.2 Å². The van der Waals surface area contributed by atoms with E-state index in [1.54, 1.807) is 50.7 Å². The number of nitrogens with one attached hydrogen (secondary N) is 2. The molecule has 1 aliphatic heterocycles. The second-order valence-corrected chi connectivity index (χ2v) is 7.19. The van der Waals surface area contributed by atoms with E-state index in [4.69, 9.17) is 9.47 Å². The van der Waals surface area contributed by atoms with Crippen molar-refractivity contribution in [2.45, 2.75) is 25.2 Å². The van der Waals surface area contributed by atoms with Crippen molar-refractivity contribution in [3.63, 3.8) is 0 Å². The molecule has 0 aliphatic carbocycles. The summed E-state index contributed by atoms with van der Waals surface area (Å²) in [5, 5.41) is 6.34. The summed E-state index contributed by atoms with van der Waals surface area (Å²) in [6.07, 6.45) is -1.85. The Morgan fingerprint density at radius 1 is 1.19 bits per heavy atom. The Labute approximate surface area is 202 Å². The van der Waals surface area contributed by atoms with Gasteiger partial charge in [0.05, 0.1) is 13.7 Å². The zero-order valence-electron chi connectivity index (χ0n) is 17.9. The molecule has 0 radical (unpaired) electrons. The van der Waals surface area contributed by atoms with Crippen LogP contribution in [0.2, 0.25) is 0 Å². The van der Waals surface area contributed by atoms with Gasteiger partial charge >= 0.3 is 6.18 Å². The molecule has 1 fully saturated rings. The SMILES string of the molecule is CN=C(NCc1ccc(Oc2ccc(OC)cc2)nc1)NC1CCN(CC(F)(F)F)C1.I. The number of guanidine groups is 1. The standard InChI is InChI=1S/C21H26F3N5O2.HI/c1-25-20(28-16-9-10-29(13-16)14-21(22,23)24)27-12-15-3-8-19(26-11-15)31-18-6-4-17(30-2)5-7-18;/h3-8,11,16H,9-10,12-14H2,1-2H3,(H2,25,27,28);1H. The lowest BCUT2D eigenvalue weighted by atomic mass is 10.2. The third-order valence-corrected chi connectivity index (χ3v) is 4.78. The molecule has 3 rings (SSSR count). The number of methoxy groups -OCH3 is 1. The molecule has 32 heavy (non-hydrogen) atoms. The number of halogens is 4. The Bertz CT molecular complexity index is 863. The van der Waals surface area contributed by atoms with Crippen molar-refractivity contribution in [3.8, 4) is 17.4 Å². The minimum absolute atomic E-state index is 0. The van der Waals surface area contributed by atoms with Crippen molar-refractivity contribution < 1.29 is 22.6 Å². The lowest BCUT2D eigenvalue weighted by molar-refractivity contribution is -0.143. The molecule has 0 spiro atoms. The van der Waals surface area contributed by atoms with Gasteiger partial charge in [0.2, 0.25) is 5.88 Å². The van der Waals surface area contributed by atoms with Gasteiger partial charge in [-0.05, 0) is 36.2 Å². The van der Waals surface area contributed by atoms with Crippen molar-refractivity contribution in [2.24, 2.45) is 4.99 Å². The van der Waals surface area contributed by atoms with Gasteiger partial charge in [-0.15, -0.1) is 24.0 Å². The van der Waals surface area contributed by atoms with E-state index in [-0.39, 0.29) is 30.0 Å². The predicted molar refractivity (Wildman–Crippen MR) is 127 cm³/mol. The first-order chi connectivity index (χ1) is 14.8. The molecule has 176 valence electrons. The van der Waals surface area contributed by atoms with Crippen LogP contribution in [0.5, 0.6) is 17.4 Å². The summed E-state index contributed by atoms with van der Waals surface area (Å²) in [6, 6.07) is 10.8. The average molecular weight is 565 g/mol. The van der Waals surface area contributed by atoms with Crippen molar-refractivity contribution in [1.29, 1.82) is 0 Å². The first-order valence-electron chi connectivity index (χ1n) is 9.88. The highest BCUT2D eigenvalue weighted by atomic mass is 127. The maximum Gasteiger partial charge on any atom is 0.401 e. The third-order valence-electron chi connectivity index (χ3n) is 4.78. The minimum Gasteiger partial charge on any atom is -0.497 e. The fourth-order valence-electron chi connectivity index (χ4n) is 3.26. The molecule has 1 aromatic heterocycles. The molecule has 1 atom stereocenters. The van der Waals surface area contributed by atoms with Crippen LogP contribution >= 0.6 is 24.0 Å². The van der Waals surface area contributed by atoms with Crippen LogP contribution in [-0.2, 0) is 6.54 Å². The highest BCUT2D eigenvalue weighted by Crippen LogP contribution is 2.22. The summed E-state index contributed by atoms with van der Waals surface area (Å²) in [6.45, 7) is 0.329. The van der Waals surface area contributed by atoms with E-state index in [1.165, 1.54) is 4.90 Å². The lowest BCUT2D eigenvalue weighted by Crippen LogP contribution is -2.44. The monoisotopic (exact) mass is 565 g/mol. The molecule has 1 aliphatic rings. The molecule has 1 unspecified atom stereocenters. The number of alkyl halides is 3. The van der Waals surface area contributed by atoms with Gasteiger partial charge in [-0.3, -0.25) is 9.89 Å². The van der Waals surface area contributed by atoms with Gasteiger partial charge in [-0.25, -0.2) is 4.98 Å². The van der Waals surface area contributed by atoms with Crippen molar-refractivity contribution in [3.05, 3.63) is 48.2 Å². The van der Waals surface area contributed by atoms with E-state index in [1.807, 2.05) is 6.07 Å². The minimum atomic E-state index is -4.18. The maximum atomic E-state index is 12.5. The number of benzene rings is 1. The normalized spacial score (nSPS) is 16.9. The Hall–Kier alpha value is -2.28. The molecule has 0 saturated carbocycles. The number of aliphatic imine (C=N–C) groups is 1. The number of pyridine rings is 1. The van der Waals surface area contributed by atoms with Crippen LogP contribution in [0.1, 0.15) is 12.0 Å². The fourth-order valence-corrected chi connectivity index (χ4v) is 3.26. The summed E-state index contributed by atoms with van der Waals surface area (Å²) >= 11 is 0. The first kappa shape index (κ1) is 26.0. The van der Waals surface area contributed by atoms with Crippen LogP contribution in [0.25, 0.3) is 0 Å². The molecular formula is C21H27F3IN5O2. The van der Waals surface area contributed by atoms with Crippen LogP contribution in [-0.4, -0.2) is 61.9 Å². The number of hydrogen-bond acceptors (Lipinski definition) is 5. The zero-order chi connectivity index (χ0) is 22.3.